The van der Waals surface area contributed by atoms with Crippen molar-refractivity contribution in [2.45, 2.75) is 26.5 Å². The Labute approximate surface area is 119 Å². The average Bonchev–Trinajstić information content (AvgIpc) is 2.46. The second-order valence-corrected chi connectivity index (χ2v) is 4.77. The monoisotopic (exact) mass is 272 g/mol. The number of nitrogens with zero attached hydrogens (tertiary/aromatic N) is 3. The molecule has 0 aliphatic rings. The molecule has 1 aromatic heterocycles. The number of anilines is 2. The number of rotatable bonds is 5. The van der Waals surface area contributed by atoms with Crippen molar-refractivity contribution in [1.82, 2.24) is 9.97 Å². The van der Waals surface area contributed by atoms with Gasteiger partial charge in [0.25, 0.3) is 0 Å². The Bertz CT molecular complexity index is 571. The van der Waals surface area contributed by atoms with Gasteiger partial charge >= 0.3 is 0 Å². The van der Waals surface area contributed by atoms with Gasteiger partial charge < -0.3 is 15.4 Å². The minimum atomic E-state index is 0.0705. The molecule has 2 aromatic rings. The number of ether oxygens (including phenoxy) is 1. The predicted octanol–water partition coefficient (Wildman–Crippen LogP) is 2.49. The molecule has 5 nitrogen and oxygen atoms in total. The van der Waals surface area contributed by atoms with E-state index in [4.69, 9.17) is 10.5 Å². The van der Waals surface area contributed by atoms with Crippen molar-refractivity contribution in [2.24, 2.45) is 5.73 Å². The van der Waals surface area contributed by atoms with Crippen LogP contribution in [-0.2, 0) is 6.54 Å². The van der Waals surface area contributed by atoms with E-state index in [1.54, 1.807) is 12.4 Å². The second-order valence-electron chi connectivity index (χ2n) is 4.77. The van der Waals surface area contributed by atoms with Crippen LogP contribution >= 0.6 is 0 Å². The lowest BCUT2D eigenvalue weighted by molar-refractivity contribution is 0.232. The van der Waals surface area contributed by atoms with Gasteiger partial charge in [0.2, 0.25) is 5.88 Å². The van der Waals surface area contributed by atoms with Crippen LogP contribution in [0.15, 0.2) is 36.7 Å². The Kier molecular flexibility index (Phi) is 4.53. The van der Waals surface area contributed by atoms with E-state index in [0.29, 0.717) is 12.4 Å². The molecule has 0 bridgehead atoms. The third-order valence-corrected chi connectivity index (χ3v) is 2.87. The van der Waals surface area contributed by atoms with Gasteiger partial charge in [-0.1, -0.05) is 18.2 Å². The van der Waals surface area contributed by atoms with E-state index < -0.39 is 0 Å². The summed E-state index contributed by atoms with van der Waals surface area (Å²) < 4.78 is 5.57. The Morgan fingerprint density at radius 3 is 2.70 bits per heavy atom. The smallest absolute Gasteiger partial charge is 0.234 e. The summed E-state index contributed by atoms with van der Waals surface area (Å²) in [5, 5.41) is 0. The fourth-order valence-corrected chi connectivity index (χ4v) is 1.93. The maximum atomic E-state index is 5.77. The summed E-state index contributed by atoms with van der Waals surface area (Å²) in [6.45, 7) is 4.40. The van der Waals surface area contributed by atoms with Crippen molar-refractivity contribution in [2.75, 3.05) is 11.9 Å². The average molecular weight is 272 g/mol. The van der Waals surface area contributed by atoms with Crippen LogP contribution in [0, 0.1) is 0 Å². The van der Waals surface area contributed by atoms with Crippen LogP contribution in [0.1, 0.15) is 19.4 Å². The molecule has 2 N–H and O–H groups in total. The summed E-state index contributed by atoms with van der Waals surface area (Å²) >= 11 is 0. The summed E-state index contributed by atoms with van der Waals surface area (Å²) in [4.78, 5) is 10.6. The highest BCUT2D eigenvalue weighted by molar-refractivity contribution is 5.62. The normalized spacial score (nSPS) is 10.7. The van der Waals surface area contributed by atoms with Crippen molar-refractivity contribution in [3.8, 4) is 5.88 Å². The molecule has 5 heteroatoms. The number of aromatic nitrogens is 2. The Morgan fingerprint density at radius 1 is 1.25 bits per heavy atom. The van der Waals surface area contributed by atoms with Gasteiger partial charge in [-0.3, -0.25) is 4.98 Å². The lowest BCUT2D eigenvalue weighted by atomic mass is 10.1. The molecule has 0 unspecified atom stereocenters. The van der Waals surface area contributed by atoms with Crippen LogP contribution in [0.25, 0.3) is 0 Å². The number of para-hydroxylation sites is 1. The SMILES string of the molecule is CC(C)Oc1cncc(N(C)c2ccccc2CN)n1. The van der Waals surface area contributed by atoms with Gasteiger partial charge in [-0.2, -0.15) is 4.98 Å². The maximum absolute atomic E-state index is 5.77. The van der Waals surface area contributed by atoms with Crippen LogP contribution in [0.5, 0.6) is 5.88 Å². The van der Waals surface area contributed by atoms with Crippen molar-refractivity contribution >= 4 is 11.5 Å². The molecule has 0 fully saturated rings. The van der Waals surface area contributed by atoms with Crippen LogP contribution < -0.4 is 15.4 Å². The van der Waals surface area contributed by atoms with E-state index in [1.807, 2.05) is 50.1 Å². The van der Waals surface area contributed by atoms with Gasteiger partial charge in [0, 0.05) is 19.3 Å². The van der Waals surface area contributed by atoms with Gasteiger partial charge in [0.05, 0.1) is 18.5 Å². The molecule has 1 aromatic carbocycles. The molecule has 20 heavy (non-hydrogen) atoms. The van der Waals surface area contributed by atoms with Crippen molar-refractivity contribution in [1.29, 1.82) is 0 Å². The lowest BCUT2D eigenvalue weighted by Crippen LogP contribution is -2.16. The highest BCUT2D eigenvalue weighted by Crippen LogP contribution is 2.26. The molecule has 0 saturated carbocycles. The van der Waals surface area contributed by atoms with Crippen LogP contribution in [0.2, 0.25) is 0 Å². The van der Waals surface area contributed by atoms with Crippen LogP contribution in [-0.4, -0.2) is 23.1 Å². The van der Waals surface area contributed by atoms with Crippen LogP contribution in [0.4, 0.5) is 11.5 Å². The first-order valence-corrected chi connectivity index (χ1v) is 6.62. The van der Waals surface area contributed by atoms with E-state index in [-0.39, 0.29) is 6.10 Å². The summed E-state index contributed by atoms with van der Waals surface area (Å²) in [5.74, 6) is 1.25. The maximum Gasteiger partial charge on any atom is 0.234 e. The zero-order valence-electron chi connectivity index (χ0n) is 12.1. The van der Waals surface area contributed by atoms with E-state index in [1.165, 1.54) is 0 Å². The van der Waals surface area contributed by atoms with Crippen molar-refractivity contribution in [3.05, 3.63) is 42.2 Å². The molecule has 0 spiro atoms. The number of nitrogens with two attached hydrogens (primary N) is 1. The third kappa shape index (κ3) is 3.24. The topological polar surface area (TPSA) is 64.3 Å². The molecule has 1 heterocycles. The van der Waals surface area contributed by atoms with Gasteiger partial charge in [0.1, 0.15) is 0 Å². The van der Waals surface area contributed by atoms with Gasteiger partial charge in [0.15, 0.2) is 5.82 Å². The first-order valence-electron chi connectivity index (χ1n) is 6.62. The molecular weight excluding hydrogens is 252 g/mol. The molecule has 2 rings (SSSR count). The largest absolute Gasteiger partial charge is 0.474 e. The summed E-state index contributed by atoms with van der Waals surface area (Å²) in [6.07, 6.45) is 3.40. The fourth-order valence-electron chi connectivity index (χ4n) is 1.93. The molecule has 0 atom stereocenters. The quantitative estimate of drug-likeness (QED) is 0.906. The zero-order valence-corrected chi connectivity index (χ0v) is 12.1. The van der Waals surface area contributed by atoms with Gasteiger partial charge in [-0.05, 0) is 25.5 Å². The second kappa shape index (κ2) is 6.34. The van der Waals surface area contributed by atoms with Gasteiger partial charge in [-0.15, -0.1) is 0 Å². The summed E-state index contributed by atoms with van der Waals surface area (Å²) in [5.41, 5.74) is 7.86. The molecule has 0 radical (unpaired) electrons. The minimum Gasteiger partial charge on any atom is -0.474 e. The minimum absolute atomic E-state index is 0.0705. The third-order valence-electron chi connectivity index (χ3n) is 2.87. The Balaban J connectivity index is 2.30. The first kappa shape index (κ1) is 14.3. The van der Waals surface area contributed by atoms with E-state index in [2.05, 4.69) is 9.97 Å². The predicted molar refractivity (Wildman–Crippen MR) is 80.2 cm³/mol. The Hall–Kier alpha value is -2.14. The van der Waals surface area contributed by atoms with Crippen molar-refractivity contribution < 1.29 is 4.74 Å². The molecular formula is C15H20N4O. The molecule has 0 aliphatic carbocycles. The molecule has 0 amide bonds. The molecule has 106 valence electrons. The van der Waals surface area contributed by atoms with Crippen LogP contribution in [0.3, 0.4) is 0 Å². The molecule has 0 aliphatic heterocycles. The van der Waals surface area contributed by atoms with E-state index >= 15 is 0 Å². The van der Waals surface area contributed by atoms with Crippen molar-refractivity contribution in [3.63, 3.8) is 0 Å². The summed E-state index contributed by atoms with van der Waals surface area (Å²) in [7, 11) is 1.94. The highest BCUT2D eigenvalue weighted by atomic mass is 16.5. The lowest BCUT2D eigenvalue weighted by Gasteiger charge is -2.21. The fraction of sp³-hybridized carbons (Fsp3) is 0.333. The summed E-state index contributed by atoms with van der Waals surface area (Å²) in [6, 6.07) is 7.98. The number of hydrogen-bond donors (Lipinski definition) is 1. The zero-order chi connectivity index (χ0) is 14.5. The van der Waals surface area contributed by atoms with E-state index in [9.17, 15) is 0 Å². The van der Waals surface area contributed by atoms with Gasteiger partial charge in [-0.25, -0.2) is 0 Å². The van der Waals surface area contributed by atoms with E-state index in [0.717, 1.165) is 17.1 Å². The highest BCUT2D eigenvalue weighted by Gasteiger charge is 2.11. The first-order chi connectivity index (χ1) is 9.61. The molecule has 0 saturated heterocycles. The standard InChI is InChI=1S/C15H20N4O/c1-11(2)20-15-10-17-9-14(18-15)19(3)13-7-5-4-6-12(13)8-16/h4-7,9-11H,8,16H2,1-3H3. The number of hydrogen-bond acceptors (Lipinski definition) is 5. The Morgan fingerprint density at radius 2 is 2.00 bits per heavy atom. The number of benzene rings is 1.